The molecule has 0 bridgehead atoms. The summed E-state index contributed by atoms with van der Waals surface area (Å²) < 4.78 is 5.99. The van der Waals surface area contributed by atoms with E-state index in [1.54, 1.807) is 4.90 Å². The van der Waals surface area contributed by atoms with Crippen LogP contribution in [-0.2, 0) is 4.74 Å². The van der Waals surface area contributed by atoms with Crippen molar-refractivity contribution >= 4 is 6.03 Å². The summed E-state index contributed by atoms with van der Waals surface area (Å²) >= 11 is 0. The lowest BCUT2D eigenvalue weighted by molar-refractivity contribution is -0.0655. The molecule has 1 heterocycles. The average molecular weight is 334 g/mol. The van der Waals surface area contributed by atoms with E-state index in [1.807, 2.05) is 67.6 Å². The number of morpholine rings is 1. The van der Waals surface area contributed by atoms with Crippen LogP contribution < -0.4 is 5.32 Å². The van der Waals surface area contributed by atoms with Crippen LogP contribution >= 0.6 is 0 Å². The second kappa shape index (κ2) is 8.36. The van der Waals surface area contributed by atoms with Gasteiger partial charge < -0.3 is 15.0 Å². The molecule has 4 nitrogen and oxygen atoms in total. The fourth-order valence-electron chi connectivity index (χ4n) is 2.87. The Morgan fingerprint density at radius 3 is 2.52 bits per heavy atom. The highest BCUT2D eigenvalue weighted by atomic mass is 16.5. The SMILES string of the molecule is C[C@H]1CN(C(=O)NCC#Cc2ccccc2)C[C@@H](c2ccccc2)O1. The number of amides is 2. The average Bonchev–Trinajstić information content (AvgIpc) is 2.66. The molecule has 2 aromatic rings. The number of urea groups is 1. The van der Waals surface area contributed by atoms with Crippen LogP contribution in [-0.4, -0.2) is 36.7 Å². The predicted octanol–water partition coefficient (Wildman–Crippen LogP) is 3.21. The van der Waals surface area contributed by atoms with E-state index in [-0.39, 0.29) is 18.2 Å². The monoisotopic (exact) mass is 334 g/mol. The zero-order valence-corrected chi connectivity index (χ0v) is 14.3. The number of benzene rings is 2. The molecule has 2 aromatic carbocycles. The predicted molar refractivity (Wildman–Crippen MR) is 98.0 cm³/mol. The number of hydrogen-bond donors (Lipinski definition) is 1. The van der Waals surface area contributed by atoms with Gasteiger partial charge in [0.15, 0.2) is 0 Å². The van der Waals surface area contributed by atoms with Gasteiger partial charge in [-0.15, -0.1) is 0 Å². The molecular weight excluding hydrogens is 312 g/mol. The first-order valence-electron chi connectivity index (χ1n) is 8.49. The number of ether oxygens (including phenoxy) is 1. The Kier molecular flexibility index (Phi) is 5.71. The number of carbonyl (C=O) groups is 1. The zero-order valence-electron chi connectivity index (χ0n) is 14.3. The first kappa shape index (κ1) is 17.1. The number of nitrogens with one attached hydrogen (secondary N) is 1. The van der Waals surface area contributed by atoms with Gasteiger partial charge >= 0.3 is 6.03 Å². The molecule has 2 amide bonds. The quantitative estimate of drug-likeness (QED) is 0.857. The fraction of sp³-hybridized carbons (Fsp3) is 0.286. The van der Waals surface area contributed by atoms with Crippen molar-refractivity contribution in [3.63, 3.8) is 0 Å². The second-order valence-electron chi connectivity index (χ2n) is 6.08. The van der Waals surface area contributed by atoms with Crippen LogP contribution in [0.2, 0.25) is 0 Å². The summed E-state index contributed by atoms with van der Waals surface area (Å²) in [5.41, 5.74) is 2.04. The molecule has 0 radical (unpaired) electrons. The number of nitrogens with zero attached hydrogens (tertiary/aromatic N) is 1. The molecule has 1 N–H and O–H groups in total. The summed E-state index contributed by atoms with van der Waals surface area (Å²) in [5, 5.41) is 2.87. The van der Waals surface area contributed by atoms with Gasteiger partial charge in [0.25, 0.3) is 0 Å². The molecule has 2 atom stereocenters. The molecule has 1 fully saturated rings. The number of rotatable bonds is 2. The van der Waals surface area contributed by atoms with E-state index in [4.69, 9.17) is 4.74 Å². The molecule has 0 unspecified atom stereocenters. The van der Waals surface area contributed by atoms with Crippen LogP contribution in [0.1, 0.15) is 24.2 Å². The van der Waals surface area contributed by atoms with E-state index in [9.17, 15) is 4.79 Å². The van der Waals surface area contributed by atoms with Gasteiger partial charge in [-0.1, -0.05) is 60.4 Å². The van der Waals surface area contributed by atoms with Crippen LogP contribution in [0.4, 0.5) is 4.79 Å². The minimum absolute atomic E-state index is 0.000101. The second-order valence-corrected chi connectivity index (χ2v) is 6.08. The molecule has 0 spiro atoms. The van der Waals surface area contributed by atoms with E-state index in [1.165, 1.54) is 0 Å². The maximum atomic E-state index is 12.4. The smallest absolute Gasteiger partial charge is 0.318 e. The summed E-state index contributed by atoms with van der Waals surface area (Å²) in [6, 6.07) is 19.7. The van der Waals surface area contributed by atoms with Gasteiger partial charge in [-0.3, -0.25) is 0 Å². The van der Waals surface area contributed by atoms with Crippen molar-refractivity contribution in [2.75, 3.05) is 19.6 Å². The Labute approximate surface area is 148 Å². The van der Waals surface area contributed by atoms with E-state index >= 15 is 0 Å². The first-order chi connectivity index (χ1) is 12.2. The molecule has 25 heavy (non-hydrogen) atoms. The van der Waals surface area contributed by atoms with Gasteiger partial charge in [0, 0.05) is 12.1 Å². The minimum atomic E-state index is -0.0987. The van der Waals surface area contributed by atoms with Crippen LogP contribution in [0.15, 0.2) is 60.7 Å². The Bertz CT molecular complexity index is 750. The van der Waals surface area contributed by atoms with Gasteiger partial charge in [0.1, 0.15) is 6.10 Å². The lowest BCUT2D eigenvalue weighted by Crippen LogP contribution is -2.49. The topological polar surface area (TPSA) is 41.6 Å². The van der Waals surface area contributed by atoms with Crippen molar-refractivity contribution in [2.45, 2.75) is 19.1 Å². The van der Waals surface area contributed by atoms with Crippen molar-refractivity contribution in [1.82, 2.24) is 10.2 Å². The Balaban J connectivity index is 1.55. The molecule has 0 aromatic heterocycles. The van der Waals surface area contributed by atoms with Crippen LogP contribution in [0.25, 0.3) is 0 Å². The normalized spacial score (nSPS) is 19.6. The number of carbonyl (C=O) groups excluding carboxylic acids is 1. The highest BCUT2D eigenvalue weighted by Gasteiger charge is 2.29. The first-order valence-corrected chi connectivity index (χ1v) is 8.49. The highest BCUT2D eigenvalue weighted by molar-refractivity contribution is 5.74. The lowest BCUT2D eigenvalue weighted by atomic mass is 10.1. The summed E-state index contributed by atoms with van der Waals surface area (Å²) in [7, 11) is 0. The molecule has 1 aliphatic heterocycles. The maximum absolute atomic E-state index is 12.4. The molecular formula is C21H22N2O2. The van der Waals surface area contributed by atoms with E-state index < -0.39 is 0 Å². The molecule has 128 valence electrons. The standard InChI is InChI=1S/C21H22N2O2/c1-17-15-23(16-20(25-17)19-12-6-3-7-13-19)21(24)22-14-8-11-18-9-4-2-5-10-18/h2-7,9-10,12-13,17,20H,14-16H2,1H3,(H,22,24)/t17-,20-/m0/s1. The fourth-order valence-corrected chi connectivity index (χ4v) is 2.87. The van der Waals surface area contributed by atoms with Gasteiger partial charge in [-0.25, -0.2) is 4.79 Å². The molecule has 1 saturated heterocycles. The van der Waals surface area contributed by atoms with Gasteiger partial charge in [-0.05, 0) is 24.6 Å². The summed E-state index contributed by atoms with van der Waals surface area (Å²) in [6.07, 6.45) is -0.0915. The van der Waals surface area contributed by atoms with Crippen molar-refractivity contribution in [1.29, 1.82) is 0 Å². The molecule has 0 aliphatic carbocycles. The van der Waals surface area contributed by atoms with E-state index in [0.29, 0.717) is 19.6 Å². The maximum Gasteiger partial charge on any atom is 0.318 e. The third-order valence-electron chi connectivity index (χ3n) is 4.05. The third kappa shape index (κ3) is 4.85. The van der Waals surface area contributed by atoms with Crippen molar-refractivity contribution in [3.05, 3.63) is 71.8 Å². The minimum Gasteiger partial charge on any atom is -0.367 e. The molecule has 3 rings (SSSR count). The van der Waals surface area contributed by atoms with Gasteiger partial charge in [0.2, 0.25) is 0 Å². The summed E-state index contributed by atoms with van der Waals surface area (Å²) in [5.74, 6) is 6.02. The zero-order chi connectivity index (χ0) is 17.5. The van der Waals surface area contributed by atoms with Crippen LogP contribution in [0.3, 0.4) is 0 Å². The Hall–Kier alpha value is -2.77. The Morgan fingerprint density at radius 1 is 1.12 bits per heavy atom. The molecule has 0 saturated carbocycles. The van der Waals surface area contributed by atoms with E-state index in [0.717, 1.165) is 11.1 Å². The third-order valence-corrected chi connectivity index (χ3v) is 4.05. The van der Waals surface area contributed by atoms with Gasteiger partial charge in [0.05, 0.1) is 19.2 Å². The number of hydrogen-bond acceptors (Lipinski definition) is 2. The van der Waals surface area contributed by atoms with Crippen molar-refractivity contribution in [2.24, 2.45) is 0 Å². The molecule has 4 heteroatoms. The van der Waals surface area contributed by atoms with Crippen LogP contribution in [0.5, 0.6) is 0 Å². The van der Waals surface area contributed by atoms with Crippen LogP contribution in [0, 0.1) is 11.8 Å². The molecule has 1 aliphatic rings. The highest BCUT2D eigenvalue weighted by Crippen LogP contribution is 2.24. The summed E-state index contributed by atoms with van der Waals surface area (Å²) in [4.78, 5) is 14.2. The van der Waals surface area contributed by atoms with E-state index in [2.05, 4.69) is 17.2 Å². The Morgan fingerprint density at radius 2 is 1.80 bits per heavy atom. The lowest BCUT2D eigenvalue weighted by Gasteiger charge is -2.36. The van der Waals surface area contributed by atoms with Crippen molar-refractivity contribution < 1.29 is 9.53 Å². The largest absolute Gasteiger partial charge is 0.367 e. The summed E-state index contributed by atoms with van der Waals surface area (Å²) in [6.45, 7) is 3.45. The van der Waals surface area contributed by atoms with Crippen molar-refractivity contribution in [3.8, 4) is 11.8 Å². The van der Waals surface area contributed by atoms with Gasteiger partial charge in [-0.2, -0.15) is 0 Å².